The van der Waals surface area contributed by atoms with Gasteiger partial charge in [0.1, 0.15) is 0 Å². The zero-order valence-corrected chi connectivity index (χ0v) is 14.3. The van der Waals surface area contributed by atoms with Crippen molar-refractivity contribution in [1.29, 1.82) is 0 Å². The molecule has 130 valence electrons. The Kier molecular flexibility index (Phi) is 6.53. The molecule has 0 radical (unpaired) electrons. The maximum atomic E-state index is 12.0. The topological polar surface area (TPSA) is 91.5 Å². The van der Waals surface area contributed by atoms with E-state index in [9.17, 15) is 9.90 Å². The number of carbonyl (C=O) groups is 1. The van der Waals surface area contributed by atoms with Crippen molar-refractivity contribution in [2.75, 3.05) is 19.6 Å². The fourth-order valence-electron chi connectivity index (χ4n) is 2.74. The minimum Gasteiger partial charge on any atom is -0.392 e. The van der Waals surface area contributed by atoms with Gasteiger partial charge in [-0.25, -0.2) is 0 Å². The predicted octanol–water partition coefficient (Wildman–Crippen LogP) is 0.977. The highest BCUT2D eigenvalue weighted by Gasteiger charge is 2.25. The Morgan fingerprint density at radius 3 is 2.70 bits per heavy atom. The molecule has 0 spiro atoms. The molecule has 1 fully saturated rings. The SMILES string of the molecule is CC(C)Cc1noc(CN2CCC(C(=O)NCC(C)O)CC2)n1. The molecule has 1 amide bonds. The summed E-state index contributed by atoms with van der Waals surface area (Å²) in [5.41, 5.74) is 0. The number of nitrogens with zero attached hydrogens (tertiary/aromatic N) is 3. The molecule has 1 saturated heterocycles. The summed E-state index contributed by atoms with van der Waals surface area (Å²) in [5.74, 6) is 2.00. The smallest absolute Gasteiger partial charge is 0.240 e. The first-order valence-corrected chi connectivity index (χ1v) is 8.43. The van der Waals surface area contributed by atoms with E-state index in [2.05, 4.69) is 34.2 Å². The Morgan fingerprint density at radius 1 is 1.39 bits per heavy atom. The second kappa shape index (κ2) is 8.40. The Morgan fingerprint density at radius 2 is 2.09 bits per heavy atom. The predicted molar refractivity (Wildman–Crippen MR) is 85.5 cm³/mol. The maximum absolute atomic E-state index is 12.0. The number of aromatic nitrogens is 2. The van der Waals surface area contributed by atoms with E-state index < -0.39 is 6.10 Å². The van der Waals surface area contributed by atoms with Gasteiger partial charge in [-0.1, -0.05) is 19.0 Å². The first kappa shape index (κ1) is 17.9. The third kappa shape index (κ3) is 5.91. The van der Waals surface area contributed by atoms with E-state index in [1.54, 1.807) is 6.92 Å². The third-order valence-corrected chi connectivity index (χ3v) is 3.99. The van der Waals surface area contributed by atoms with Crippen molar-refractivity contribution in [2.45, 2.75) is 52.7 Å². The van der Waals surface area contributed by atoms with Gasteiger partial charge in [0.05, 0.1) is 12.6 Å². The number of amides is 1. The summed E-state index contributed by atoms with van der Waals surface area (Å²) < 4.78 is 5.30. The molecule has 1 aliphatic heterocycles. The summed E-state index contributed by atoms with van der Waals surface area (Å²) in [6, 6.07) is 0. The molecule has 1 aliphatic rings. The van der Waals surface area contributed by atoms with E-state index in [1.165, 1.54) is 0 Å². The van der Waals surface area contributed by atoms with Crippen LogP contribution in [0.4, 0.5) is 0 Å². The number of carbonyl (C=O) groups excluding carboxylic acids is 1. The molecule has 1 aromatic rings. The lowest BCUT2D eigenvalue weighted by Gasteiger charge is -2.30. The molecule has 7 nitrogen and oxygen atoms in total. The number of hydrogen-bond donors (Lipinski definition) is 2. The van der Waals surface area contributed by atoms with Crippen LogP contribution in [0.15, 0.2) is 4.52 Å². The first-order valence-electron chi connectivity index (χ1n) is 8.43. The highest BCUT2D eigenvalue weighted by molar-refractivity contribution is 5.78. The van der Waals surface area contributed by atoms with Crippen LogP contribution in [0.3, 0.4) is 0 Å². The van der Waals surface area contributed by atoms with E-state index in [0.717, 1.165) is 38.2 Å². The van der Waals surface area contributed by atoms with Gasteiger partial charge in [0.15, 0.2) is 5.82 Å². The molecule has 1 aromatic heterocycles. The average molecular weight is 324 g/mol. The molecule has 2 rings (SSSR count). The molecule has 0 saturated carbocycles. The van der Waals surface area contributed by atoms with Gasteiger partial charge in [0, 0.05) is 18.9 Å². The number of nitrogens with one attached hydrogen (secondary N) is 1. The molecular weight excluding hydrogens is 296 g/mol. The minimum atomic E-state index is -0.503. The van der Waals surface area contributed by atoms with Gasteiger partial charge in [-0.05, 0) is 38.8 Å². The highest BCUT2D eigenvalue weighted by Crippen LogP contribution is 2.19. The maximum Gasteiger partial charge on any atom is 0.240 e. The van der Waals surface area contributed by atoms with Crippen LogP contribution < -0.4 is 5.32 Å². The highest BCUT2D eigenvalue weighted by atomic mass is 16.5. The summed E-state index contributed by atoms with van der Waals surface area (Å²) in [7, 11) is 0. The van der Waals surface area contributed by atoms with E-state index in [0.29, 0.717) is 24.9 Å². The number of aliphatic hydroxyl groups excluding tert-OH is 1. The lowest BCUT2D eigenvalue weighted by atomic mass is 9.96. The van der Waals surface area contributed by atoms with Crippen molar-refractivity contribution in [3.63, 3.8) is 0 Å². The zero-order valence-electron chi connectivity index (χ0n) is 14.3. The molecule has 7 heteroatoms. The van der Waals surface area contributed by atoms with Gasteiger partial charge >= 0.3 is 0 Å². The fourth-order valence-corrected chi connectivity index (χ4v) is 2.74. The summed E-state index contributed by atoms with van der Waals surface area (Å²) in [4.78, 5) is 18.7. The van der Waals surface area contributed by atoms with Crippen LogP contribution in [0.5, 0.6) is 0 Å². The van der Waals surface area contributed by atoms with Crippen molar-refractivity contribution in [3.8, 4) is 0 Å². The van der Waals surface area contributed by atoms with Gasteiger partial charge in [0.25, 0.3) is 0 Å². The molecule has 0 bridgehead atoms. The average Bonchev–Trinajstić information content (AvgIpc) is 2.91. The van der Waals surface area contributed by atoms with Crippen LogP contribution in [-0.2, 0) is 17.8 Å². The molecule has 2 N–H and O–H groups in total. The van der Waals surface area contributed by atoms with Crippen LogP contribution in [-0.4, -0.2) is 51.8 Å². The summed E-state index contributed by atoms with van der Waals surface area (Å²) in [5, 5.41) is 16.0. The number of aliphatic hydroxyl groups is 1. The lowest BCUT2D eigenvalue weighted by Crippen LogP contribution is -2.41. The van der Waals surface area contributed by atoms with Crippen molar-refractivity contribution >= 4 is 5.91 Å². The van der Waals surface area contributed by atoms with Gasteiger partial charge in [-0.15, -0.1) is 0 Å². The Labute approximate surface area is 137 Å². The molecule has 0 aliphatic carbocycles. The van der Waals surface area contributed by atoms with Crippen molar-refractivity contribution < 1.29 is 14.4 Å². The molecule has 1 unspecified atom stereocenters. The van der Waals surface area contributed by atoms with Crippen molar-refractivity contribution in [3.05, 3.63) is 11.7 Å². The van der Waals surface area contributed by atoms with Crippen LogP contribution in [0, 0.1) is 11.8 Å². The largest absolute Gasteiger partial charge is 0.392 e. The fraction of sp³-hybridized carbons (Fsp3) is 0.812. The molecule has 0 aromatic carbocycles. The van der Waals surface area contributed by atoms with E-state index in [1.807, 2.05) is 0 Å². The normalized spacial score (nSPS) is 18.3. The Bertz CT molecular complexity index is 493. The number of likely N-dealkylation sites (tertiary alicyclic amines) is 1. The molecule has 23 heavy (non-hydrogen) atoms. The molecule has 1 atom stereocenters. The summed E-state index contributed by atoms with van der Waals surface area (Å²) in [6.45, 7) is 8.57. The third-order valence-electron chi connectivity index (χ3n) is 3.99. The first-order chi connectivity index (χ1) is 10.9. The van der Waals surface area contributed by atoms with Crippen LogP contribution in [0.2, 0.25) is 0 Å². The van der Waals surface area contributed by atoms with Crippen molar-refractivity contribution in [2.24, 2.45) is 11.8 Å². The Hall–Kier alpha value is -1.47. The summed E-state index contributed by atoms with van der Waals surface area (Å²) >= 11 is 0. The van der Waals surface area contributed by atoms with Gasteiger partial charge in [0.2, 0.25) is 11.8 Å². The lowest BCUT2D eigenvalue weighted by molar-refractivity contribution is -0.126. The second-order valence-electron chi connectivity index (χ2n) is 6.85. The van der Waals surface area contributed by atoms with Gasteiger partial charge in [-0.3, -0.25) is 9.69 Å². The van der Waals surface area contributed by atoms with Gasteiger partial charge in [-0.2, -0.15) is 4.98 Å². The van der Waals surface area contributed by atoms with E-state index in [4.69, 9.17) is 4.52 Å². The summed E-state index contributed by atoms with van der Waals surface area (Å²) in [6.07, 6.45) is 1.96. The molecular formula is C16H28N4O3. The zero-order chi connectivity index (χ0) is 16.8. The number of rotatable bonds is 7. The standard InChI is InChI=1S/C16H28N4O3/c1-11(2)8-14-18-15(23-19-14)10-20-6-4-13(5-7-20)16(22)17-9-12(3)21/h11-13,21H,4-10H2,1-3H3,(H,17,22). The van der Waals surface area contributed by atoms with Crippen LogP contribution in [0.1, 0.15) is 45.3 Å². The minimum absolute atomic E-state index is 0.0317. The monoisotopic (exact) mass is 324 g/mol. The quantitative estimate of drug-likeness (QED) is 0.777. The second-order valence-corrected chi connectivity index (χ2v) is 6.85. The van der Waals surface area contributed by atoms with Crippen LogP contribution >= 0.6 is 0 Å². The number of hydrogen-bond acceptors (Lipinski definition) is 6. The van der Waals surface area contributed by atoms with Gasteiger partial charge < -0.3 is 14.9 Å². The number of piperidine rings is 1. The Balaban J connectivity index is 1.74. The van der Waals surface area contributed by atoms with E-state index >= 15 is 0 Å². The van der Waals surface area contributed by atoms with Crippen molar-refractivity contribution in [1.82, 2.24) is 20.4 Å². The molecule has 2 heterocycles. The van der Waals surface area contributed by atoms with Crippen LogP contribution in [0.25, 0.3) is 0 Å². The van der Waals surface area contributed by atoms with E-state index in [-0.39, 0.29) is 11.8 Å².